The average molecular weight is 254 g/mol. The molecule has 2 aliphatic rings. The van der Waals surface area contributed by atoms with Crippen LogP contribution in [0.25, 0.3) is 0 Å². The number of likely N-dealkylation sites (N-methyl/N-ethyl adjacent to an activating group) is 1. The van der Waals surface area contributed by atoms with Crippen molar-refractivity contribution in [3.63, 3.8) is 0 Å². The maximum Gasteiger partial charge on any atom is 0.0826 e. The van der Waals surface area contributed by atoms with Gasteiger partial charge in [0.05, 0.1) is 12.7 Å². The van der Waals surface area contributed by atoms with E-state index in [1.54, 1.807) is 0 Å². The molecule has 2 unspecified atom stereocenters. The minimum atomic E-state index is 0.390. The van der Waals surface area contributed by atoms with Crippen LogP contribution in [0.2, 0.25) is 0 Å². The molecule has 18 heavy (non-hydrogen) atoms. The zero-order valence-electron chi connectivity index (χ0n) is 12.2. The SMILES string of the molecule is CCC(NCC1CN(C)CCO1)C1CCCCC1. The standard InChI is InChI=1S/C15H30N2O/c1-3-15(13-7-5-4-6-8-13)16-11-14-12-17(2)9-10-18-14/h13-16H,3-12H2,1-2H3. The molecule has 0 aromatic heterocycles. The van der Waals surface area contributed by atoms with Crippen LogP contribution in [0.4, 0.5) is 0 Å². The molecule has 1 saturated carbocycles. The molecule has 1 aliphatic carbocycles. The molecule has 2 rings (SSSR count). The van der Waals surface area contributed by atoms with Crippen LogP contribution in [0.1, 0.15) is 45.4 Å². The zero-order chi connectivity index (χ0) is 12.8. The smallest absolute Gasteiger partial charge is 0.0826 e. The van der Waals surface area contributed by atoms with Gasteiger partial charge in [-0.15, -0.1) is 0 Å². The highest BCUT2D eigenvalue weighted by molar-refractivity contribution is 4.80. The molecule has 1 heterocycles. The first-order valence-electron chi connectivity index (χ1n) is 7.83. The number of ether oxygens (including phenoxy) is 1. The Kier molecular flexibility index (Phi) is 5.93. The fourth-order valence-corrected chi connectivity index (χ4v) is 3.45. The highest BCUT2D eigenvalue weighted by Gasteiger charge is 2.24. The number of nitrogens with one attached hydrogen (secondary N) is 1. The summed E-state index contributed by atoms with van der Waals surface area (Å²) >= 11 is 0. The maximum absolute atomic E-state index is 5.83. The van der Waals surface area contributed by atoms with Gasteiger partial charge >= 0.3 is 0 Å². The number of nitrogens with zero attached hydrogens (tertiary/aromatic N) is 1. The lowest BCUT2D eigenvalue weighted by Crippen LogP contribution is -2.48. The van der Waals surface area contributed by atoms with Crippen LogP contribution < -0.4 is 5.32 Å². The summed E-state index contributed by atoms with van der Waals surface area (Å²) in [5.41, 5.74) is 0. The molecule has 0 bridgehead atoms. The van der Waals surface area contributed by atoms with Crippen molar-refractivity contribution in [2.45, 2.75) is 57.6 Å². The maximum atomic E-state index is 5.83. The zero-order valence-corrected chi connectivity index (χ0v) is 12.2. The Hall–Kier alpha value is -0.120. The van der Waals surface area contributed by atoms with Gasteiger partial charge in [0.2, 0.25) is 0 Å². The van der Waals surface area contributed by atoms with Crippen molar-refractivity contribution in [3.8, 4) is 0 Å². The second kappa shape index (κ2) is 7.46. The normalized spacial score (nSPS) is 29.3. The Balaban J connectivity index is 1.72. The molecule has 0 spiro atoms. The minimum Gasteiger partial charge on any atom is -0.374 e. The van der Waals surface area contributed by atoms with Gasteiger partial charge in [-0.2, -0.15) is 0 Å². The van der Waals surface area contributed by atoms with Crippen LogP contribution >= 0.6 is 0 Å². The first kappa shape index (κ1) is 14.3. The molecule has 2 fully saturated rings. The Bertz CT molecular complexity index is 229. The second-order valence-corrected chi connectivity index (χ2v) is 6.08. The molecule has 1 saturated heterocycles. The summed E-state index contributed by atoms with van der Waals surface area (Å²) in [7, 11) is 2.19. The summed E-state index contributed by atoms with van der Waals surface area (Å²) in [5.74, 6) is 0.907. The van der Waals surface area contributed by atoms with Gasteiger partial charge in [-0.05, 0) is 32.2 Å². The van der Waals surface area contributed by atoms with E-state index < -0.39 is 0 Å². The van der Waals surface area contributed by atoms with E-state index in [-0.39, 0.29) is 0 Å². The lowest BCUT2D eigenvalue weighted by molar-refractivity contribution is -0.0204. The number of hydrogen-bond acceptors (Lipinski definition) is 3. The van der Waals surface area contributed by atoms with Crippen molar-refractivity contribution in [2.75, 3.05) is 33.3 Å². The highest BCUT2D eigenvalue weighted by Crippen LogP contribution is 2.27. The fourth-order valence-electron chi connectivity index (χ4n) is 3.45. The van der Waals surface area contributed by atoms with Gasteiger partial charge in [0.25, 0.3) is 0 Å². The number of morpholine rings is 1. The summed E-state index contributed by atoms with van der Waals surface area (Å²) in [6, 6.07) is 0.709. The quantitative estimate of drug-likeness (QED) is 0.814. The molecule has 0 aromatic carbocycles. The Labute approximate surface area is 112 Å². The summed E-state index contributed by atoms with van der Waals surface area (Å²) in [6.07, 6.45) is 8.82. The second-order valence-electron chi connectivity index (χ2n) is 6.08. The summed E-state index contributed by atoms with van der Waals surface area (Å²) in [5, 5.41) is 3.78. The van der Waals surface area contributed by atoms with Crippen molar-refractivity contribution in [1.29, 1.82) is 0 Å². The largest absolute Gasteiger partial charge is 0.374 e. The number of hydrogen-bond donors (Lipinski definition) is 1. The topological polar surface area (TPSA) is 24.5 Å². The summed E-state index contributed by atoms with van der Waals surface area (Å²) in [6.45, 7) is 6.40. The molecule has 0 aromatic rings. The highest BCUT2D eigenvalue weighted by atomic mass is 16.5. The van der Waals surface area contributed by atoms with Crippen molar-refractivity contribution in [2.24, 2.45) is 5.92 Å². The van der Waals surface area contributed by atoms with Crippen molar-refractivity contribution < 1.29 is 4.74 Å². The predicted octanol–water partition coefficient (Wildman–Crippen LogP) is 2.27. The first-order valence-corrected chi connectivity index (χ1v) is 7.83. The van der Waals surface area contributed by atoms with E-state index in [0.29, 0.717) is 12.1 Å². The molecule has 106 valence electrons. The van der Waals surface area contributed by atoms with E-state index in [0.717, 1.165) is 32.2 Å². The average Bonchev–Trinajstić information content (AvgIpc) is 2.41. The van der Waals surface area contributed by atoms with Crippen molar-refractivity contribution in [1.82, 2.24) is 10.2 Å². The Morgan fingerprint density at radius 2 is 2.06 bits per heavy atom. The monoisotopic (exact) mass is 254 g/mol. The van der Waals surface area contributed by atoms with Crippen LogP contribution in [-0.2, 0) is 4.74 Å². The molecule has 1 aliphatic heterocycles. The van der Waals surface area contributed by atoms with Crippen LogP contribution in [0, 0.1) is 5.92 Å². The van der Waals surface area contributed by atoms with Gasteiger partial charge in [0.15, 0.2) is 0 Å². The molecule has 0 radical (unpaired) electrons. The van der Waals surface area contributed by atoms with Gasteiger partial charge in [-0.1, -0.05) is 26.2 Å². The Morgan fingerprint density at radius 1 is 1.28 bits per heavy atom. The molecule has 3 heteroatoms. The van der Waals surface area contributed by atoms with Crippen LogP contribution in [0.5, 0.6) is 0 Å². The molecular formula is C15H30N2O. The lowest BCUT2D eigenvalue weighted by Gasteiger charge is -2.34. The van der Waals surface area contributed by atoms with E-state index in [9.17, 15) is 0 Å². The van der Waals surface area contributed by atoms with E-state index in [4.69, 9.17) is 4.74 Å². The van der Waals surface area contributed by atoms with Crippen LogP contribution in [-0.4, -0.2) is 50.3 Å². The van der Waals surface area contributed by atoms with Gasteiger partial charge in [0, 0.05) is 25.7 Å². The van der Waals surface area contributed by atoms with E-state index in [2.05, 4.69) is 24.2 Å². The molecule has 0 amide bonds. The first-order chi connectivity index (χ1) is 8.79. The van der Waals surface area contributed by atoms with E-state index in [1.807, 2.05) is 0 Å². The van der Waals surface area contributed by atoms with Crippen LogP contribution in [0.15, 0.2) is 0 Å². The fraction of sp³-hybridized carbons (Fsp3) is 1.00. The van der Waals surface area contributed by atoms with Gasteiger partial charge in [0.1, 0.15) is 0 Å². The van der Waals surface area contributed by atoms with Gasteiger partial charge < -0.3 is 15.0 Å². The lowest BCUT2D eigenvalue weighted by atomic mass is 9.83. The van der Waals surface area contributed by atoms with Crippen molar-refractivity contribution in [3.05, 3.63) is 0 Å². The third kappa shape index (κ3) is 4.22. The van der Waals surface area contributed by atoms with Gasteiger partial charge in [-0.25, -0.2) is 0 Å². The van der Waals surface area contributed by atoms with Crippen molar-refractivity contribution >= 4 is 0 Å². The molecule has 3 nitrogen and oxygen atoms in total. The molecular weight excluding hydrogens is 224 g/mol. The summed E-state index contributed by atoms with van der Waals surface area (Å²) < 4.78 is 5.83. The predicted molar refractivity (Wildman–Crippen MR) is 75.9 cm³/mol. The van der Waals surface area contributed by atoms with E-state index in [1.165, 1.54) is 38.5 Å². The molecule has 2 atom stereocenters. The summed E-state index contributed by atoms with van der Waals surface area (Å²) in [4.78, 5) is 2.37. The van der Waals surface area contributed by atoms with Gasteiger partial charge in [-0.3, -0.25) is 0 Å². The van der Waals surface area contributed by atoms with E-state index >= 15 is 0 Å². The third-order valence-electron chi connectivity index (χ3n) is 4.61. The Morgan fingerprint density at radius 3 is 2.72 bits per heavy atom. The minimum absolute atomic E-state index is 0.390. The van der Waals surface area contributed by atoms with Crippen LogP contribution in [0.3, 0.4) is 0 Å². The molecule has 1 N–H and O–H groups in total. The number of rotatable bonds is 5. The third-order valence-corrected chi connectivity index (χ3v) is 4.61.